The summed E-state index contributed by atoms with van der Waals surface area (Å²) in [5, 5.41) is 10.7. The van der Waals surface area contributed by atoms with Gasteiger partial charge >= 0.3 is 0 Å². The molecule has 5 nitrogen and oxygen atoms in total. The van der Waals surface area contributed by atoms with Gasteiger partial charge in [-0.3, -0.25) is 4.79 Å². The van der Waals surface area contributed by atoms with Crippen LogP contribution < -0.4 is 0 Å². The van der Waals surface area contributed by atoms with Crippen molar-refractivity contribution in [2.45, 2.75) is 13.0 Å². The Labute approximate surface area is 127 Å². The molecule has 0 fully saturated rings. The summed E-state index contributed by atoms with van der Waals surface area (Å²) < 4.78 is 1.75. The Kier molecular flexibility index (Phi) is 5.14. The fourth-order valence-corrected chi connectivity index (χ4v) is 2.57. The van der Waals surface area contributed by atoms with Crippen LogP contribution in [0.5, 0.6) is 0 Å². The van der Waals surface area contributed by atoms with Crippen molar-refractivity contribution in [3.63, 3.8) is 0 Å². The van der Waals surface area contributed by atoms with E-state index in [-0.39, 0.29) is 12.5 Å². The van der Waals surface area contributed by atoms with E-state index in [0.29, 0.717) is 18.7 Å². The van der Waals surface area contributed by atoms with Crippen LogP contribution in [0.25, 0.3) is 0 Å². The number of nitrogens with zero attached hydrogens (tertiary/aromatic N) is 3. The van der Waals surface area contributed by atoms with Gasteiger partial charge in [0.2, 0.25) is 0 Å². The molecule has 6 heteroatoms. The largest absolute Gasteiger partial charge is 0.395 e. The summed E-state index contributed by atoms with van der Waals surface area (Å²) in [5.74, 6) is 5.78. The van der Waals surface area contributed by atoms with Crippen molar-refractivity contribution in [3.05, 3.63) is 40.1 Å². The molecule has 0 saturated carbocycles. The molecule has 0 aliphatic heterocycles. The SMILES string of the molecule is CN(Cc1csc(C#CCCO)c1)C(=O)c1cn(C)cn1. The van der Waals surface area contributed by atoms with Crippen molar-refractivity contribution >= 4 is 17.2 Å². The average Bonchev–Trinajstić information content (AvgIpc) is 3.07. The maximum atomic E-state index is 12.2. The van der Waals surface area contributed by atoms with Crippen molar-refractivity contribution in [2.75, 3.05) is 13.7 Å². The van der Waals surface area contributed by atoms with E-state index in [2.05, 4.69) is 16.8 Å². The second-order valence-corrected chi connectivity index (χ2v) is 5.59. The summed E-state index contributed by atoms with van der Waals surface area (Å²) in [4.78, 5) is 18.8. The van der Waals surface area contributed by atoms with Gasteiger partial charge in [0.25, 0.3) is 5.91 Å². The van der Waals surface area contributed by atoms with E-state index in [1.807, 2.05) is 18.5 Å². The molecule has 1 amide bonds. The van der Waals surface area contributed by atoms with Crippen molar-refractivity contribution in [1.82, 2.24) is 14.5 Å². The Morgan fingerprint density at radius 2 is 2.38 bits per heavy atom. The van der Waals surface area contributed by atoms with Gasteiger partial charge in [-0.2, -0.15) is 0 Å². The normalized spacial score (nSPS) is 10.0. The molecule has 0 spiro atoms. The maximum absolute atomic E-state index is 12.2. The molecule has 0 atom stereocenters. The number of aliphatic hydroxyl groups is 1. The Morgan fingerprint density at radius 1 is 1.57 bits per heavy atom. The van der Waals surface area contributed by atoms with Crippen LogP contribution in [-0.2, 0) is 13.6 Å². The first-order chi connectivity index (χ1) is 10.1. The second-order valence-electron chi connectivity index (χ2n) is 4.68. The average molecular weight is 303 g/mol. The summed E-state index contributed by atoms with van der Waals surface area (Å²) in [7, 11) is 3.59. The number of carbonyl (C=O) groups is 1. The molecular formula is C15H17N3O2S. The third kappa shape index (κ3) is 4.18. The molecule has 2 rings (SSSR count). The molecule has 0 aliphatic carbocycles. The third-order valence-electron chi connectivity index (χ3n) is 2.79. The van der Waals surface area contributed by atoms with Gasteiger partial charge in [0.15, 0.2) is 0 Å². The molecular weight excluding hydrogens is 286 g/mol. The van der Waals surface area contributed by atoms with E-state index in [1.165, 1.54) is 0 Å². The molecule has 2 aromatic rings. The molecule has 1 N–H and O–H groups in total. The zero-order valence-electron chi connectivity index (χ0n) is 12.0. The van der Waals surface area contributed by atoms with Crippen LogP contribution >= 0.6 is 11.3 Å². The zero-order valence-corrected chi connectivity index (χ0v) is 12.9. The van der Waals surface area contributed by atoms with Crippen LogP contribution in [0, 0.1) is 11.8 Å². The number of rotatable bonds is 4. The minimum Gasteiger partial charge on any atom is -0.395 e. The highest BCUT2D eigenvalue weighted by Gasteiger charge is 2.14. The van der Waals surface area contributed by atoms with Gasteiger partial charge in [0.1, 0.15) is 5.69 Å². The van der Waals surface area contributed by atoms with Crippen LogP contribution in [-0.4, -0.2) is 39.1 Å². The van der Waals surface area contributed by atoms with Crippen LogP contribution in [0.3, 0.4) is 0 Å². The second kappa shape index (κ2) is 7.07. The van der Waals surface area contributed by atoms with E-state index >= 15 is 0 Å². The number of hydrogen-bond acceptors (Lipinski definition) is 4. The minimum atomic E-state index is -0.102. The van der Waals surface area contributed by atoms with Crippen molar-refractivity contribution < 1.29 is 9.90 Å². The summed E-state index contributed by atoms with van der Waals surface area (Å²) in [6.07, 6.45) is 3.80. The van der Waals surface area contributed by atoms with Gasteiger partial charge in [-0.15, -0.1) is 11.3 Å². The summed E-state index contributed by atoms with van der Waals surface area (Å²) in [5.41, 5.74) is 1.48. The topological polar surface area (TPSA) is 58.4 Å². The van der Waals surface area contributed by atoms with Crippen LogP contribution in [0.15, 0.2) is 24.0 Å². The van der Waals surface area contributed by atoms with E-state index in [9.17, 15) is 4.79 Å². The number of aliphatic hydroxyl groups excluding tert-OH is 1. The van der Waals surface area contributed by atoms with Crippen LogP contribution in [0.4, 0.5) is 0 Å². The molecule has 110 valence electrons. The number of hydrogen-bond donors (Lipinski definition) is 1. The lowest BCUT2D eigenvalue weighted by atomic mass is 10.2. The smallest absolute Gasteiger partial charge is 0.274 e. The van der Waals surface area contributed by atoms with Gasteiger partial charge in [-0.05, 0) is 17.0 Å². The molecule has 0 aromatic carbocycles. The highest BCUT2D eigenvalue weighted by molar-refractivity contribution is 7.10. The summed E-state index contributed by atoms with van der Waals surface area (Å²) >= 11 is 1.54. The monoisotopic (exact) mass is 303 g/mol. The lowest BCUT2D eigenvalue weighted by Crippen LogP contribution is -2.26. The minimum absolute atomic E-state index is 0.0759. The van der Waals surface area contributed by atoms with Gasteiger partial charge in [0, 0.05) is 33.3 Å². The number of thiophene rings is 1. The van der Waals surface area contributed by atoms with E-state index < -0.39 is 0 Å². The third-order valence-corrected chi connectivity index (χ3v) is 3.69. The highest BCUT2D eigenvalue weighted by atomic mass is 32.1. The first-order valence-corrected chi connectivity index (χ1v) is 7.38. The first kappa shape index (κ1) is 15.3. The summed E-state index contributed by atoms with van der Waals surface area (Å²) in [6.45, 7) is 0.597. The Balaban J connectivity index is 1.98. The lowest BCUT2D eigenvalue weighted by molar-refractivity contribution is 0.0780. The molecule has 0 saturated heterocycles. The van der Waals surface area contributed by atoms with Crippen molar-refractivity contribution in [2.24, 2.45) is 7.05 Å². The molecule has 2 heterocycles. The van der Waals surface area contributed by atoms with Crippen molar-refractivity contribution in [3.8, 4) is 11.8 Å². The van der Waals surface area contributed by atoms with E-state index in [0.717, 1.165) is 10.4 Å². The number of carbonyl (C=O) groups excluding carboxylic acids is 1. The maximum Gasteiger partial charge on any atom is 0.274 e. The molecule has 0 radical (unpaired) electrons. The summed E-state index contributed by atoms with van der Waals surface area (Å²) in [6, 6.07) is 1.97. The quantitative estimate of drug-likeness (QED) is 0.871. The number of imidazole rings is 1. The molecule has 0 aliphatic rings. The fourth-order valence-electron chi connectivity index (χ4n) is 1.79. The fraction of sp³-hybridized carbons (Fsp3) is 0.333. The van der Waals surface area contributed by atoms with Gasteiger partial charge in [0.05, 0.1) is 17.8 Å². The Bertz CT molecular complexity index is 678. The predicted molar refractivity (Wildman–Crippen MR) is 81.9 cm³/mol. The van der Waals surface area contributed by atoms with E-state index in [1.54, 1.807) is 40.4 Å². The number of aromatic nitrogens is 2. The Hall–Kier alpha value is -2.10. The van der Waals surface area contributed by atoms with Crippen LogP contribution in [0.2, 0.25) is 0 Å². The molecule has 2 aromatic heterocycles. The standard InChI is InChI=1S/C15H17N3O2S/c1-17-9-14(16-11-17)15(20)18(2)8-12-7-13(21-10-12)5-3-4-6-19/h7,9-11,19H,4,6,8H2,1-2H3. The van der Waals surface area contributed by atoms with Gasteiger partial charge < -0.3 is 14.6 Å². The molecule has 0 unspecified atom stereocenters. The lowest BCUT2D eigenvalue weighted by Gasteiger charge is -2.14. The van der Waals surface area contributed by atoms with Gasteiger partial charge in [-0.25, -0.2) is 4.98 Å². The van der Waals surface area contributed by atoms with Crippen LogP contribution in [0.1, 0.15) is 27.3 Å². The first-order valence-electron chi connectivity index (χ1n) is 6.50. The Morgan fingerprint density at radius 3 is 3.05 bits per heavy atom. The predicted octanol–water partition coefficient (Wildman–Crippen LogP) is 1.49. The number of amides is 1. The molecule has 21 heavy (non-hydrogen) atoms. The van der Waals surface area contributed by atoms with Gasteiger partial charge in [-0.1, -0.05) is 11.8 Å². The van der Waals surface area contributed by atoms with E-state index in [4.69, 9.17) is 5.11 Å². The highest BCUT2D eigenvalue weighted by Crippen LogP contribution is 2.16. The van der Waals surface area contributed by atoms with Crippen molar-refractivity contribution in [1.29, 1.82) is 0 Å². The molecule has 0 bridgehead atoms. The zero-order chi connectivity index (χ0) is 15.2. The number of aryl methyl sites for hydroxylation is 1.